The van der Waals surface area contributed by atoms with Gasteiger partial charge < -0.3 is 10.4 Å². The average Bonchev–Trinajstić information content (AvgIpc) is 2.41. The number of carboxylic acid groups (broad SMARTS) is 1. The van der Waals surface area contributed by atoms with Crippen LogP contribution in [0.25, 0.3) is 0 Å². The van der Waals surface area contributed by atoms with Crippen LogP contribution in [0.15, 0.2) is 24.3 Å². The minimum Gasteiger partial charge on any atom is -0.480 e. The Morgan fingerprint density at radius 2 is 2.00 bits per heavy atom. The lowest BCUT2D eigenvalue weighted by Crippen LogP contribution is -2.41. The lowest BCUT2D eigenvalue weighted by Gasteiger charge is -2.14. The van der Waals surface area contributed by atoms with Gasteiger partial charge in [-0.3, -0.25) is 9.52 Å². The molecule has 3 N–H and O–H groups in total. The summed E-state index contributed by atoms with van der Waals surface area (Å²) in [7, 11) is -3.39. The fourth-order valence-electron chi connectivity index (χ4n) is 2.06. The maximum atomic E-state index is 12.0. The largest absolute Gasteiger partial charge is 0.480 e. The smallest absolute Gasteiger partial charge is 0.326 e. The number of carbonyl (C=O) groups excluding carboxylic acids is 1. The zero-order valence-electron chi connectivity index (χ0n) is 13.2. The van der Waals surface area contributed by atoms with Crippen LogP contribution in [-0.2, 0) is 26.0 Å². The van der Waals surface area contributed by atoms with E-state index in [1.165, 1.54) is 0 Å². The molecule has 0 fully saturated rings. The van der Waals surface area contributed by atoms with Crippen LogP contribution in [-0.4, -0.2) is 37.7 Å². The van der Waals surface area contributed by atoms with Crippen molar-refractivity contribution in [1.29, 1.82) is 0 Å². The van der Waals surface area contributed by atoms with Crippen molar-refractivity contribution in [2.24, 2.45) is 0 Å². The number of anilines is 1. The third-order valence-corrected chi connectivity index (χ3v) is 3.68. The SMILES string of the molecule is CCCC[C@H](NC(=O)Cc1cccc(NS(C)(=O)=O)c1)C(=O)O. The maximum absolute atomic E-state index is 12.0. The van der Waals surface area contributed by atoms with Crippen LogP contribution in [0, 0.1) is 0 Å². The molecule has 1 amide bonds. The number of carbonyl (C=O) groups is 2. The molecule has 128 valence electrons. The molecule has 0 saturated heterocycles. The lowest BCUT2D eigenvalue weighted by molar-refractivity contribution is -0.142. The summed E-state index contributed by atoms with van der Waals surface area (Å²) in [5.74, 6) is -1.47. The number of unbranched alkanes of at least 4 members (excludes halogenated alkanes) is 1. The maximum Gasteiger partial charge on any atom is 0.326 e. The highest BCUT2D eigenvalue weighted by molar-refractivity contribution is 7.92. The number of benzene rings is 1. The zero-order chi connectivity index (χ0) is 17.5. The van der Waals surface area contributed by atoms with E-state index < -0.39 is 27.9 Å². The van der Waals surface area contributed by atoms with Crippen LogP contribution < -0.4 is 10.0 Å². The minimum atomic E-state index is -3.39. The molecule has 0 radical (unpaired) electrons. The fourth-order valence-corrected chi connectivity index (χ4v) is 2.61. The Morgan fingerprint density at radius 3 is 2.57 bits per heavy atom. The number of rotatable bonds is 9. The summed E-state index contributed by atoms with van der Waals surface area (Å²) >= 11 is 0. The van der Waals surface area contributed by atoms with Crippen LogP contribution in [0.1, 0.15) is 31.7 Å². The van der Waals surface area contributed by atoms with Crippen molar-refractivity contribution in [3.8, 4) is 0 Å². The molecular formula is C15H22N2O5S. The summed E-state index contributed by atoms with van der Waals surface area (Å²) in [6, 6.07) is 5.52. The van der Waals surface area contributed by atoms with E-state index in [1.54, 1.807) is 24.3 Å². The van der Waals surface area contributed by atoms with Gasteiger partial charge in [0.05, 0.1) is 12.7 Å². The number of hydrogen-bond acceptors (Lipinski definition) is 4. The highest BCUT2D eigenvalue weighted by Gasteiger charge is 2.19. The molecule has 0 aliphatic heterocycles. The second-order valence-electron chi connectivity index (χ2n) is 5.35. The predicted octanol–water partition coefficient (Wildman–Crippen LogP) is 1.36. The molecule has 1 aromatic rings. The summed E-state index contributed by atoms with van der Waals surface area (Å²) < 4.78 is 24.7. The minimum absolute atomic E-state index is 0.0187. The molecular weight excluding hydrogens is 320 g/mol. The van der Waals surface area contributed by atoms with Crippen molar-refractivity contribution >= 4 is 27.6 Å². The summed E-state index contributed by atoms with van der Waals surface area (Å²) in [4.78, 5) is 23.1. The van der Waals surface area contributed by atoms with Gasteiger partial charge in [0.25, 0.3) is 0 Å². The first kappa shape index (κ1) is 19.0. The first-order valence-electron chi connectivity index (χ1n) is 7.30. The molecule has 0 aliphatic carbocycles. The van der Waals surface area contributed by atoms with E-state index in [9.17, 15) is 18.0 Å². The van der Waals surface area contributed by atoms with E-state index in [4.69, 9.17) is 5.11 Å². The molecule has 0 unspecified atom stereocenters. The first-order chi connectivity index (χ1) is 10.7. The molecule has 7 nitrogen and oxygen atoms in total. The van der Waals surface area contributed by atoms with Crippen molar-refractivity contribution < 1.29 is 23.1 Å². The van der Waals surface area contributed by atoms with Crippen LogP contribution in [0.3, 0.4) is 0 Å². The molecule has 23 heavy (non-hydrogen) atoms. The summed E-state index contributed by atoms with van der Waals surface area (Å²) in [5.41, 5.74) is 0.953. The van der Waals surface area contributed by atoms with Gasteiger partial charge in [-0.15, -0.1) is 0 Å². The third-order valence-electron chi connectivity index (χ3n) is 3.07. The van der Waals surface area contributed by atoms with Gasteiger partial charge in [0.1, 0.15) is 6.04 Å². The number of sulfonamides is 1. The number of hydrogen-bond donors (Lipinski definition) is 3. The Morgan fingerprint density at radius 1 is 1.30 bits per heavy atom. The van der Waals surface area contributed by atoms with Gasteiger partial charge >= 0.3 is 5.97 Å². The van der Waals surface area contributed by atoms with Crippen molar-refractivity contribution in [3.05, 3.63) is 29.8 Å². The lowest BCUT2D eigenvalue weighted by atomic mass is 10.1. The van der Waals surface area contributed by atoms with E-state index >= 15 is 0 Å². The average molecular weight is 342 g/mol. The van der Waals surface area contributed by atoms with E-state index in [2.05, 4.69) is 10.0 Å². The summed E-state index contributed by atoms with van der Waals surface area (Å²) in [5, 5.41) is 11.6. The Kier molecular flexibility index (Phi) is 7.02. The number of amides is 1. The highest BCUT2D eigenvalue weighted by atomic mass is 32.2. The van der Waals surface area contributed by atoms with Crippen molar-refractivity contribution in [3.63, 3.8) is 0 Å². The second-order valence-corrected chi connectivity index (χ2v) is 7.10. The third kappa shape index (κ3) is 7.64. The first-order valence-corrected chi connectivity index (χ1v) is 9.19. The Balaban J connectivity index is 2.69. The number of nitrogens with one attached hydrogen (secondary N) is 2. The van der Waals surface area contributed by atoms with Crippen LogP contribution in [0.2, 0.25) is 0 Å². The molecule has 1 rings (SSSR count). The van der Waals surface area contributed by atoms with Crippen molar-refractivity contribution in [1.82, 2.24) is 5.32 Å². The Hall–Kier alpha value is -2.09. The van der Waals surface area contributed by atoms with E-state index in [0.29, 0.717) is 24.1 Å². The molecule has 0 heterocycles. The standard InChI is InChI=1S/C15H22N2O5S/c1-3-4-8-13(15(19)20)16-14(18)10-11-6-5-7-12(9-11)17-23(2,21)22/h5-7,9,13,17H,3-4,8,10H2,1-2H3,(H,16,18)(H,19,20)/t13-/m0/s1. The van der Waals surface area contributed by atoms with Gasteiger partial charge in [0.2, 0.25) is 15.9 Å². The van der Waals surface area contributed by atoms with Crippen molar-refractivity contribution in [2.75, 3.05) is 11.0 Å². The Labute approximate surface area is 136 Å². The fraction of sp³-hybridized carbons (Fsp3) is 0.467. The van der Waals surface area contributed by atoms with Crippen LogP contribution in [0.4, 0.5) is 5.69 Å². The zero-order valence-corrected chi connectivity index (χ0v) is 14.0. The van der Waals surface area contributed by atoms with Gasteiger partial charge in [0, 0.05) is 5.69 Å². The van der Waals surface area contributed by atoms with Gasteiger partial charge in [-0.1, -0.05) is 31.9 Å². The monoisotopic (exact) mass is 342 g/mol. The topological polar surface area (TPSA) is 113 Å². The van der Waals surface area contributed by atoms with Gasteiger partial charge in [-0.25, -0.2) is 13.2 Å². The number of carboxylic acids is 1. The predicted molar refractivity (Wildman–Crippen MR) is 87.7 cm³/mol. The van der Waals surface area contributed by atoms with E-state index in [1.807, 2.05) is 6.92 Å². The summed E-state index contributed by atoms with van der Waals surface area (Å²) in [6.07, 6.45) is 2.96. The molecule has 0 spiro atoms. The molecule has 8 heteroatoms. The van der Waals surface area contributed by atoms with Gasteiger partial charge in [-0.2, -0.15) is 0 Å². The quantitative estimate of drug-likeness (QED) is 0.627. The van der Waals surface area contributed by atoms with E-state index in [-0.39, 0.29) is 6.42 Å². The van der Waals surface area contributed by atoms with Gasteiger partial charge in [0.15, 0.2) is 0 Å². The molecule has 1 atom stereocenters. The second kappa shape index (κ2) is 8.52. The van der Waals surface area contributed by atoms with Gasteiger partial charge in [-0.05, 0) is 24.1 Å². The summed E-state index contributed by atoms with van der Waals surface area (Å²) in [6.45, 7) is 1.95. The number of aliphatic carboxylic acids is 1. The van der Waals surface area contributed by atoms with Crippen molar-refractivity contribution in [2.45, 2.75) is 38.6 Å². The Bertz CT molecular complexity index is 658. The molecule has 0 saturated carbocycles. The highest BCUT2D eigenvalue weighted by Crippen LogP contribution is 2.12. The van der Waals surface area contributed by atoms with Crippen LogP contribution >= 0.6 is 0 Å². The molecule has 0 aromatic heterocycles. The van der Waals surface area contributed by atoms with Crippen LogP contribution in [0.5, 0.6) is 0 Å². The molecule has 1 aromatic carbocycles. The normalized spacial score (nSPS) is 12.4. The molecule has 0 bridgehead atoms. The van der Waals surface area contributed by atoms with E-state index in [0.717, 1.165) is 12.7 Å². The molecule has 0 aliphatic rings.